The van der Waals surface area contributed by atoms with Crippen LogP contribution >= 0.6 is 0 Å². The summed E-state index contributed by atoms with van der Waals surface area (Å²) in [7, 11) is -4.82. The Morgan fingerprint density at radius 1 is 0.579 bits per heavy atom. The molecule has 0 bridgehead atoms. The Balaban J connectivity index is -0.000000375. The average molecular weight is 329 g/mol. The molecule has 0 radical (unpaired) electrons. The fourth-order valence-corrected chi connectivity index (χ4v) is 8.81. The number of hydrogen-bond acceptors (Lipinski definition) is 3. The fourth-order valence-electron chi connectivity index (χ4n) is 1.40. The van der Waals surface area contributed by atoms with Crippen LogP contribution in [0.25, 0.3) is 0 Å². The van der Waals surface area contributed by atoms with Crippen LogP contribution in [0.5, 0.6) is 0 Å². The minimum atomic E-state index is -1.94. The Kier molecular flexibility index (Phi) is 15.1. The zero-order chi connectivity index (χ0) is 13.0. The van der Waals surface area contributed by atoms with Crippen LogP contribution in [0.3, 0.4) is 0 Å². The zero-order valence-corrected chi connectivity index (χ0v) is 15.1. The Labute approximate surface area is 126 Å². The van der Waals surface area contributed by atoms with E-state index < -0.39 is 25.2 Å². The monoisotopic (exact) mass is 328 g/mol. The highest BCUT2D eigenvalue weighted by molar-refractivity contribution is 6.81. The van der Waals surface area contributed by atoms with E-state index in [9.17, 15) is 0 Å². The Bertz CT molecular complexity index is 208. The molecule has 0 atom stereocenters. The summed E-state index contributed by atoms with van der Waals surface area (Å²) >= 11 is 0. The standard InChI is InChI=1S/C10H28O3Si3.3CH4/c1-14(2,3)11-9-10-12-16(7,8)13-15(4,5)6;;;/h9-10H2,1-8H3;3*1H4. The third kappa shape index (κ3) is 21.0. The highest BCUT2D eigenvalue weighted by Gasteiger charge is 2.31. The van der Waals surface area contributed by atoms with E-state index in [1.165, 1.54) is 0 Å². The maximum atomic E-state index is 6.07. The Hall–Kier alpha value is 0.531. The quantitative estimate of drug-likeness (QED) is 0.468. The predicted molar refractivity (Wildman–Crippen MR) is 97.4 cm³/mol. The molecule has 122 valence electrons. The summed E-state index contributed by atoms with van der Waals surface area (Å²) in [6.07, 6.45) is 0. The molecule has 0 saturated carbocycles. The lowest BCUT2D eigenvalue weighted by atomic mass is 10.8. The molecule has 0 unspecified atom stereocenters. The van der Waals surface area contributed by atoms with Gasteiger partial charge in [0.05, 0.1) is 13.2 Å². The molecule has 0 aromatic heterocycles. The van der Waals surface area contributed by atoms with Gasteiger partial charge < -0.3 is 13.0 Å². The van der Waals surface area contributed by atoms with Crippen LogP contribution in [0.2, 0.25) is 52.4 Å². The van der Waals surface area contributed by atoms with Crippen LogP contribution in [-0.2, 0) is 13.0 Å². The molecular weight excluding hydrogens is 288 g/mol. The smallest absolute Gasteiger partial charge is 0.321 e. The first-order valence-electron chi connectivity index (χ1n) is 5.89. The minimum absolute atomic E-state index is 0. The van der Waals surface area contributed by atoms with Gasteiger partial charge >= 0.3 is 8.56 Å². The van der Waals surface area contributed by atoms with E-state index in [4.69, 9.17) is 13.0 Å². The SMILES string of the molecule is C.C.C.C[Si](C)(C)OCCO[Si](C)(C)O[Si](C)(C)C. The number of hydrogen-bond donors (Lipinski definition) is 0. The van der Waals surface area contributed by atoms with Gasteiger partial charge in [0.1, 0.15) is 0 Å². The van der Waals surface area contributed by atoms with Crippen LogP contribution in [0.15, 0.2) is 0 Å². The summed E-state index contributed by atoms with van der Waals surface area (Å²) in [5, 5.41) is 0. The first-order chi connectivity index (χ1) is 6.91. The Morgan fingerprint density at radius 3 is 1.26 bits per heavy atom. The molecule has 0 aromatic carbocycles. The van der Waals surface area contributed by atoms with Gasteiger partial charge in [-0.3, -0.25) is 0 Å². The largest absolute Gasteiger partial charge is 0.436 e. The van der Waals surface area contributed by atoms with Crippen molar-refractivity contribution in [1.29, 1.82) is 0 Å². The average Bonchev–Trinajstić information content (AvgIpc) is 1.91. The van der Waals surface area contributed by atoms with Crippen LogP contribution in [0.1, 0.15) is 22.3 Å². The van der Waals surface area contributed by atoms with Gasteiger partial charge in [-0.25, -0.2) is 0 Å². The lowest BCUT2D eigenvalue weighted by Gasteiger charge is -2.31. The molecule has 6 heteroatoms. The third-order valence-electron chi connectivity index (χ3n) is 1.62. The summed E-state index contributed by atoms with van der Waals surface area (Å²) in [6, 6.07) is 0. The van der Waals surface area contributed by atoms with Crippen molar-refractivity contribution in [2.45, 2.75) is 74.7 Å². The molecule has 0 fully saturated rings. The van der Waals surface area contributed by atoms with Gasteiger partial charge in [-0.2, -0.15) is 0 Å². The van der Waals surface area contributed by atoms with E-state index in [0.717, 1.165) is 0 Å². The molecule has 0 spiro atoms. The molecule has 0 aliphatic carbocycles. The molecular formula is C13H40O3Si3. The predicted octanol–water partition coefficient (Wildman–Crippen LogP) is 5.32. The van der Waals surface area contributed by atoms with E-state index in [0.29, 0.717) is 13.2 Å². The van der Waals surface area contributed by atoms with Crippen molar-refractivity contribution in [3.8, 4) is 0 Å². The van der Waals surface area contributed by atoms with Gasteiger partial charge in [-0.05, 0) is 52.4 Å². The molecule has 0 aliphatic rings. The maximum Gasteiger partial charge on any atom is 0.321 e. The van der Waals surface area contributed by atoms with E-state index in [-0.39, 0.29) is 22.3 Å². The van der Waals surface area contributed by atoms with Crippen molar-refractivity contribution in [2.75, 3.05) is 13.2 Å². The van der Waals surface area contributed by atoms with Gasteiger partial charge in [0.25, 0.3) is 0 Å². The van der Waals surface area contributed by atoms with Crippen molar-refractivity contribution in [3.63, 3.8) is 0 Å². The van der Waals surface area contributed by atoms with Gasteiger partial charge in [-0.15, -0.1) is 0 Å². The van der Waals surface area contributed by atoms with Crippen LogP contribution in [-0.4, -0.2) is 38.4 Å². The van der Waals surface area contributed by atoms with Crippen molar-refractivity contribution >= 4 is 25.2 Å². The van der Waals surface area contributed by atoms with Crippen LogP contribution < -0.4 is 0 Å². The summed E-state index contributed by atoms with van der Waals surface area (Å²) in [4.78, 5) is 0. The van der Waals surface area contributed by atoms with Gasteiger partial charge in [0.15, 0.2) is 16.6 Å². The van der Waals surface area contributed by atoms with Crippen LogP contribution in [0, 0.1) is 0 Å². The zero-order valence-electron chi connectivity index (χ0n) is 12.1. The molecule has 19 heavy (non-hydrogen) atoms. The van der Waals surface area contributed by atoms with Crippen molar-refractivity contribution in [3.05, 3.63) is 0 Å². The van der Waals surface area contributed by atoms with E-state index >= 15 is 0 Å². The molecule has 0 rings (SSSR count). The molecule has 0 N–H and O–H groups in total. The van der Waals surface area contributed by atoms with E-state index in [1.807, 2.05) is 0 Å². The summed E-state index contributed by atoms with van der Waals surface area (Å²) in [6.45, 7) is 18.7. The van der Waals surface area contributed by atoms with Gasteiger partial charge in [0.2, 0.25) is 0 Å². The molecule has 0 heterocycles. The first kappa shape index (κ1) is 27.8. The van der Waals surface area contributed by atoms with Crippen LogP contribution in [0.4, 0.5) is 0 Å². The topological polar surface area (TPSA) is 27.7 Å². The lowest BCUT2D eigenvalue weighted by molar-refractivity contribution is 0.181. The summed E-state index contributed by atoms with van der Waals surface area (Å²) < 4.78 is 17.7. The van der Waals surface area contributed by atoms with Gasteiger partial charge in [-0.1, -0.05) is 22.3 Å². The molecule has 0 aliphatic heterocycles. The first-order valence-corrected chi connectivity index (χ1v) is 15.5. The van der Waals surface area contributed by atoms with E-state index in [1.54, 1.807) is 0 Å². The normalized spacial score (nSPS) is 12.0. The fraction of sp³-hybridized carbons (Fsp3) is 1.00. The Morgan fingerprint density at radius 2 is 0.947 bits per heavy atom. The highest BCUT2D eigenvalue weighted by Crippen LogP contribution is 2.15. The second kappa shape index (κ2) is 10.3. The molecule has 3 nitrogen and oxygen atoms in total. The third-order valence-corrected chi connectivity index (χ3v) is 8.01. The van der Waals surface area contributed by atoms with Crippen molar-refractivity contribution < 1.29 is 13.0 Å². The van der Waals surface area contributed by atoms with Crippen molar-refractivity contribution in [1.82, 2.24) is 0 Å². The highest BCUT2D eigenvalue weighted by atomic mass is 28.4. The van der Waals surface area contributed by atoms with Crippen molar-refractivity contribution in [2.24, 2.45) is 0 Å². The second-order valence-electron chi connectivity index (χ2n) is 6.42. The molecule has 0 aromatic rings. The van der Waals surface area contributed by atoms with E-state index in [2.05, 4.69) is 52.4 Å². The summed E-state index contributed by atoms with van der Waals surface area (Å²) in [5.41, 5.74) is 0. The minimum Gasteiger partial charge on any atom is -0.436 e. The lowest BCUT2D eigenvalue weighted by Crippen LogP contribution is -2.45. The summed E-state index contributed by atoms with van der Waals surface area (Å²) in [5.74, 6) is 0. The molecule has 0 saturated heterocycles. The maximum absolute atomic E-state index is 6.07. The van der Waals surface area contributed by atoms with Gasteiger partial charge in [0, 0.05) is 0 Å². The second-order valence-corrected chi connectivity index (χ2v) is 19.1. The molecule has 0 amide bonds. The number of rotatable bonds is 7.